The molecule has 0 heterocycles. The van der Waals surface area contributed by atoms with Gasteiger partial charge < -0.3 is 15.4 Å². The van der Waals surface area contributed by atoms with Crippen LogP contribution in [-0.2, 0) is 14.8 Å². The molecule has 1 unspecified atom stereocenters. The first kappa shape index (κ1) is 18.1. The maximum atomic E-state index is 11.2. The minimum atomic E-state index is -3.24. The monoisotopic (exact) mass is 294 g/mol. The second-order valence-corrected chi connectivity index (χ2v) is 6.93. The number of rotatable bonds is 7. The predicted octanol–water partition coefficient (Wildman–Crippen LogP) is -0.486. The van der Waals surface area contributed by atoms with Crippen LogP contribution >= 0.6 is 0 Å². The van der Waals surface area contributed by atoms with Gasteiger partial charge in [-0.15, -0.1) is 0 Å². The third-order valence-electron chi connectivity index (χ3n) is 2.18. The number of hydrogen-bond acceptors (Lipinski definition) is 4. The van der Waals surface area contributed by atoms with Gasteiger partial charge in [-0.2, -0.15) is 0 Å². The van der Waals surface area contributed by atoms with Gasteiger partial charge in [0.2, 0.25) is 10.0 Å². The van der Waals surface area contributed by atoms with E-state index in [9.17, 15) is 8.42 Å². The van der Waals surface area contributed by atoms with Gasteiger partial charge in [0.05, 0.1) is 12.9 Å². The minimum absolute atomic E-state index is 0.113. The van der Waals surface area contributed by atoms with E-state index in [1.165, 1.54) is 0 Å². The van der Waals surface area contributed by atoms with E-state index in [1.54, 1.807) is 28.0 Å². The van der Waals surface area contributed by atoms with Gasteiger partial charge in [0.1, 0.15) is 0 Å². The topological polar surface area (TPSA) is 91.8 Å². The number of ether oxygens (including phenoxy) is 1. The molecule has 0 aromatic rings. The molecule has 0 rings (SSSR count). The molecule has 0 saturated carbocycles. The highest BCUT2D eigenvalue weighted by Gasteiger charge is 2.22. The van der Waals surface area contributed by atoms with Crippen molar-refractivity contribution in [2.75, 3.05) is 33.6 Å². The fourth-order valence-electron chi connectivity index (χ4n) is 1.56. The molecule has 114 valence electrons. The van der Waals surface area contributed by atoms with Crippen LogP contribution in [0.25, 0.3) is 0 Å². The highest BCUT2D eigenvalue weighted by Crippen LogP contribution is 2.01. The Morgan fingerprint density at radius 1 is 1.42 bits per heavy atom. The molecule has 3 N–H and O–H groups in total. The van der Waals surface area contributed by atoms with E-state index < -0.39 is 15.6 Å². The lowest BCUT2D eigenvalue weighted by Gasteiger charge is -2.27. The molecule has 19 heavy (non-hydrogen) atoms. The van der Waals surface area contributed by atoms with Gasteiger partial charge in [0.25, 0.3) is 0 Å². The van der Waals surface area contributed by atoms with Crippen LogP contribution in [-0.4, -0.2) is 59.5 Å². The van der Waals surface area contributed by atoms with Gasteiger partial charge in [0, 0.05) is 32.3 Å². The van der Waals surface area contributed by atoms with E-state index in [1.807, 2.05) is 6.92 Å². The van der Waals surface area contributed by atoms with Gasteiger partial charge in [-0.3, -0.25) is 4.99 Å². The Bertz CT molecular complexity index is 393. The highest BCUT2D eigenvalue weighted by atomic mass is 32.2. The molecule has 8 heteroatoms. The van der Waals surface area contributed by atoms with Crippen LogP contribution in [0.15, 0.2) is 4.99 Å². The highest BCUT2D eigenvalue weighted by molar-refractivity contribution is 7.88. The fraction of sp³-hybridized carbons (Fsp3) is 0.909. The summed E-state index contributed by atoms with van der Waals surface area (Å²) in [6.45, 7) is 6.54. The van der Waals surface area contributed by atoms with Crippen LogP contribution in [0.5, 0.6) is 0 Å². The van der Waals surface area contributed by atoms with Crippen molar-refractivity contribution in [2.24, 2.45) is 4.99 Å². The molecule has 0 aliphatic rings. The molecule has 0 amide bonds. The summed E-state index contributed by atoms with van der Waals surface area (Å²) >= 11 is 0. The van der Waals surface area contributed by atoms with E-state index in [0.717, 1.165) is 6.26 Å². The quantitative estimate of drug-likeness (QED) is 0.435. The average molecular weight is 294 g/mol. The Hall–Kier alpha value is -0.860. The van der Waals surface area contributed by atoms with Crippen molar-refractivity contribution >= 4 is 16.0 Å². The van der Waals surface area contributed by atoms with Crippen LogP contribution in [0.4, 0.5) is 0 Å². The Labute approximate surface area is 116 Å². The van der Waals surface area contributed by atoms with E-state index >= 15 is 0 Å². The zero-order chi connectivity index (χ0) is 15.1. The van der Waals surface area contributed by atoms with Gasteiger partial charge >= 0.3 is 0 Å². The number of methoxy groups -OCH3 is 1. The van der Waals surface area contributed by atoms with Crippen LogP contribution in [0, 0.1) is 0 Å². The van der Waals surface area contributed by atoms with Crippen molar-refractivity contribution in [1.29, 1.82) is 0 Å². The van der Waals surface area contributed by atoms with Gasteiger partial charge in [0.15, 0.2) is 5.96 Å². The van der Waals surface area contributed by atoms with Gasteiger partial charge in [-0.25, -0.2) is 13.1 Å². The summed E-state index contributed by atoms with van der Waals surface area (Å²) in [5.41, 5.74) is -0.601. The maximum absolute atomic E-state index is 11.2. The van der Waals surface area contributed by atoms with Crippen LogP contribution in [0.1, 0.15) is 20.8 Å². The summed E-state index contributed by atoms with van der Waals surface area (Å²) in [6, 6.07) is 0.113. The second-order valence-electron chi connectivity index (χ2n) is 5.18. The molecular formula is C11H26N4O3S. The molecule has 0 aliphatic carbocycles. The summed E-state index contributed by atoms with van der Waals surface area (Å²) in [6.07, 6.45) is 1.14. The van der Waals surface area contributed by atoms with Crippen LogP contribution < -0.4 is 15.4 Å². The van der Waals surface area contributed by atoms with E-state index in [0.29, 0.717) is 19.1 Å². The average Bonchev–Trinajstić information content (AvgIpc) is 2.21. The zero-order valence-electron chi connectivity index (χ0n) is 12.6. The van der Waals surface area contributed by atoms with E-state index in [4.69, 9.17) is 4.74 Å². The normalized spacial score (nSPS) is 15.2. The number of nitrogens with one attached hydrogen (secondary N) is 3. The molecule has 7 nitrogen and oxygen atoms in total. The van der Waals surface area contributed by atoms with Crippen molar-refractivity contribution in [3.05, 3.63) is 0 Å². The third kappa shape index (κ3) is 9.69. The second kappa shape index (κ2) is 7.66. The first-order valence-corrected chi connectivity index (χ1v) is 7.94. The number of sulfonamides is 1. The first-order chi connectivity index (χ1) is 8.59. The minimum Gasteiger partial charge on any atom is -0.383 e. The predicted molar refractivity (Wildman–Crippen MR) is 77.9 cm³/mol. The zero-order valence-corrected chi connectivity index (χ0v) is 13.4. The Morgan fingerprint density at radius 2 is 2.00 bits per heavy atom. The number of guanidine groups is 1. The smallest absolute Gasteiger partial charge is 0.209 e. The fourth-order valence-corrected chi connectivity index (χ4v) is 2.64. The summed E-state index contributed by atoms with van der Waals surface area (Å²) in [5, 5.41) is 6.22. The van der Waals surface area contributed by atoms with Gasteiger partial charge in [-0.1, -0.05) is 0 Å². The Kier molecular flexibility index (Phi) is 7.32. The van der Waals surface area contributed by atoms with Crippen molar-refractivity contribution in [2.45, 2.75) is 32.4 Å². The largest absolute Gasteiger partial charge is 0.383 e. The number of nitrogens with zero attached hydrogens (tertiary/aromatic N) is 1. The van der Waals surface area contributed by atoms with Crippen LogP contribution in [0.2, 0.25) is 0 Å². The third-order valence-corrected chi connectivity index (χ3v) is 3.11. The molecule has 0 aromatic heterocycles. The van der Waals surface area contributed by atoms with Crippen molar-refractivity contribution in [3.63, 3.8) is 0 Å². The molecule has 0 fully saturated rings. The van der Waals surface area contributed by atoms with E-state index in [2.05, 4.69) is 20.3 Å². The van der Waals surface area contributed by atoms with Crippen molar-refractivity contribution in [3.8, 4) is 0 Å². The molecule has 0 aromatic carbocycles. The van der Waals surface area contributed by atoms with E-state index in [-0.39, 0.29) is 6.04 Å². The summed E-state index contributed by atoms with van der Waals surface area (Å²) in [4.78, 5) is 4.07. The molecular weight excluding hydrogens is 268 g/mol. The summed E-state index contributed by atoms with van der Waals surface area (Å²) in [5.74, 6) is 0.605. The Balaban J connectivity index is 4.35. The van der Waals surface area contributed by atoms with Crippen LogP contribution in [0.3, 0.4) is 0 Å². The lowest BCUT2D eigenvalue weighted by molar-refractivity contribution is 0.179. The summed E-state index contributed by atoms with van der Waals surface area (Å²) in [7, 11) is 0.0527. The molecule has 0 aliphatic heterocycles. The lowest BCUT2D eigenvalue weighted by atomic mass is 10.1. The molecule has 0 saturated heterocycles. The standard InChI is InChI=1S/C11H26N4O3S/c1-9(7-18-5)14-10(12-4)13-8-11(2,3)15-19(6,16)17/h9,15H,7-8H2,1-6H3,(H2,12,13,14). The molecule has 1 atom stereocenters. The number of hydrogen-bond donors (Lipinski definition) is 3. The van der Waals surface area contributed by atoms with Crippen molar-refractivity contribution in [1.82, 2.24) is 15.4 Å². The maximum Gasteiger partial charge on any atom is 0.209 e. The summed E-state index contributed by atoms with van der Waals surface area (Å²) < 4.78 is 30.0. The van der Waals surface area contributed by atoms with Gasteiger partial charge in [-0.05, 0) is 20.8 Å². The molecule has 0 spiro atoms. The number of aliphatic imine (C=N–C) groups is 1. The lowest BCUT2D eigenvalue weighted by Crippen LogP contribution is -2.54. The first-order valence-electron chi connectivity index (χ1n) is 6.04. The SMILES string of the molecule is CN=C(NCC(C)(C)NS(C)(=O)=O)NC(C)COC. The molecule has 0 radical (unpaired) electrons. The van der Waals surface area contributed by atoms with Crippen molar-refractivity contribution < 1.29 is 13.2 Å². The molecule has 0 bridgehead atoms. The Morgan fingerprint density at radius 3 is 2.42 bits per heavy atom.